The lowest BCUT2D eigenvalue weighted by molar-refractivity contribution is -0.146. The fraction of sp³-hybridized carbons (Fsp3) is 0.583. The molecule has 0 aliphatic heterocycles. The van der Waals surface area contributed by atoms with Gasteiger partial charge in [-0.25, -0.2) is 4.98 Å². The van der Waals surface area contributed by atoms with Crippen LogP contribution >= 0.6 is 11.8 Å². The number of aromatic nitrogens is 2. The van der Waals surface area contributed by atoms with Crippen LogP contribution in [-0.4, -0.2) is 40.9 Å². The summed E-state index contributed by atoms with van der Waals surface area (Å²) in [5.74, 6) is 0.297. The zero-order valence-electron chi connectivity index (χ0n) is 11.0. The van der Waals surface area contributed by atoms with Gasteiger partial charge in [0.1, 0.15) is 10.6 Å². The molecule has 0 aromatic carbocycles. The topological polar surface area (TPSA) is 64.1 Å². The molecule has 5 nitrogen and oxygen atoms in total. The van der Waals surface area contributed by atoms with E-state index in [1.54, 1.807) is 18.6 Å². The van der Waals surface area contributed by atoms with Crippen molar-refractivity contribution in [3.05, 3.63) is 18.6 Å². The van der Waals surface area contributed by atoms with Crippen LogP contribution in [0.4, 0.5) is 0 Å². The normalized spacial score (nSPS) is 13.9. The average Bonchev–Trinajstić information content (AvgIpc) is 2.43. The lowest BCUT2D eigenvalue weighted by Gasteiger charge is -2.27. The van der Waals surface area contributed by atoms with E-state index in [-0.39, 0.29) is 5.97 Å². The summed E-state index contributed by atoms with van der Waals surface area (Å²) in [6.07, 6.45) is 5.90. The molecule has 18 heavy (non-hydrogen) atoms. The minimum Gasteiger partial charge on any atom is -0.468 e. The first-order valence-corrected chi connectivity index (χ1v) is 6.83. The van der Waals surface area contributed by atoms with Crippen molar-refractivity contribution in [3.8, 4) is 0 Å². The van der Waals surface area contributed by atoms with E-state index in [1.165, 1.54) is 18.9 Å². The Hall–Kier alpha value is -1.14. The predicted molar refractivity (Wildman–Crippen MR) is 71.5 cm³/mol. The molecule has 1 rings (SSSR count). The van der Waals surface area contributed by atoms with E-state index in [4.69, 9.17) is 4.74 Å². The molecule has 1 heterocycles. The third-order valence-electron chi connectivity index (χ3n) is 2.45. The highest BCUT2D eigenvalue weighted by Gasteiger charge is 2.33. The molecule has 6 heteroatoms. The Bertz CT molecular complexity index is 375. The first-order chi connectivity index (χ1) is 8.62. The lowest BCUT2D eigenvalue weighted by atomic mass is 10.1. The molecule has 0 saturated carbocycles. The van der Waals surface area contributed by atoms with E-state index in [9.17, 15) is 4.79 Å². The van der Waals surface area contributed by atoms with Gasteiger partial charge in [-0.05, 0) is 19.9 Å². The molecule has 0 bridgehead atoms. The molecule has 1 unspecified atom stereocenters. The minimum atomic E-state index is -0.701. The van der Waals surface area contributed by atoms with Gasteiger partial charge in [0.05, 0.1) is 13.3 Å². The number of rotatable bonds is 7. The summed E-state index contributed by atoms with van der Waals surface area (Å²) in [6.45, 7) is 4.67. The number of esters is 1. The molecule has 1 N–H and O–H groups in total. The van der Waals surface area contributed by atoms with Crippen LogP contribution in [0.3, 0.4) is 0 Å². The number of methoxy groups -OCH3 is 1. The summed E-state index contributed by atoms with van der Waals surface area (Å²) in [4.78, 5) is 20.0. The standard InChI is InChI=1S/C12H19N3O2S/c1-4-5-15-12(2,11(16)17-3)9-18-10-8-13-6-7-14-10/h6-8,15H,4-5,9H2,1-3H3. The number of carbonyl (C=O) groups is 1. The van der Waals surface area contributed by atoms with Crippen LogP contribution in [0.2, 0.25) is 0 Å². The number of thioether (sulfide) groups is 1. The Morgan fingerprint density at radius 3 is 2.89 bits per heavy atom. The molecule has 0 aliphatic carbocycles. The maximum atomic E-state index is 11.8. The van der Waals surface area contributed by atoms with Crippen LogP contribution in [0.25, 0.3) is 0 Å². The van der Waals surface area contributed by atoms with Crippen molar-refractivity contribution < 1.29 is 9.53 Å². The van der Waals surface area contributed by atoms with Crippen LogP contribution in [0.1, 0.15) is 20.3 Å². The summed E-state index contributed by atoms with van der Waals surface area (Å²) < 4.78 is 4.85. The number of carbonyl (C=O) groups excluding carboxylic acids is 1. The zero-order chi connectivity index (χ0) is 13.4. The van der Waals surface area contributed by atoms with Gasteiger partial charge in [-0.1, -0.05) is 6.92 Å². The molecular formula is C12H19N3O2S. The number of nitrogens with zero attached hydrogens (tertiary/aromatic N) is 2. The van der Waals surface area contributed by atoms with Crippen molar-refractivity contribution in [2.75, 3.05) is 19.4 Å². The van der Waals surface area contributed by atoms with Crippen molar-refractivity contribution >= 4 is 17.7 Å². The Morgan fingerprint density at radius 2 is 2.33 bits per heavy atom. The van der Waals surface area contributed by atoms with E-state index in [1.807, 2.05) is 6.92 Å². The quantitative estimate of drug-likeness (QED) is 0.598. The Kier molecular flexibility index (Phi) is 6.07. The number of ether oxygens (including phenoxy) is 1. The summed E-state index contributed by atoms with van der Waals surface area (Å²) in [6, 6.07) is 0. The van der Waals surface area contributed by atoms with E-state index >= 15 is 0 Å². The summed E-state index contributed by atoms with van der Waals surface area (Å²) in [5.41, 5.74) is -0.701. The van der Waals surface area contributed by atoms with Gasteiger partial charge in [-0.3, -0.25) is 9.78 Å². The van der Waals surface area contributed by atoms with Gasteiger partial charge in [-0.15, -0.1) is 11.8 Å². The molecular weight excluding hydrogens is 250 g/mol. The van der Waals surface area contributed by atoms with Gasteiger partial charge < -0.3 is 10.1 Å². The maximum Gasteiger partial charge on any atom is 0.326 e. The van der Waals surface area contributed by atoms with Gasteiger partial charge in [0.2, 0.25) is 0 Å². The van der Waals surface area contributed by atoms with Gasteiger partial charge in [0, 0.05) is 18.1 Å². The Labute approximate surface area is 112 Å². The van der Waals surface area contributed by atoms with Gasteiger partial charge >= 0.3 is 5.97 Å². The van der Waals surface area contributed by atoms with Gasteiger partial charge in [0.25, 0.3) is 0 Å². The first-order valence-electron chi connectivity index (χ1n) is 5.84. The van der Waals surface area contributed by atoms with E-state index in [0.717, 1.165) is 18.0 Å². The third-order valence-corrected chi connectivity index (χ3v) is 3.68. The molecule has 0 amide bonds. The molecule has 0 aliphatic rings. The third kappa shape index (κ3) is 4.27. The fourth-order valence-corrected chi connectivity index (χ4v) is 2.31. The highest BCUT2D eigenvalue weighted by atomic mass is 32.2. The molecule has 1 atom stereocenters. The average molecular weight is 269 g/mol. The van der Waals surface area contributed by atoms with Gasteiger partial charge in [0.15, 0.2) is 0 Å². The summed E-state index contributed by atoms with van der Waals surface area (Å²) in [5, 5.41) is 4.02. The van der Waals surface area contributed by atoms with Crippen LogP contribution in [0.5, 0.6) is 0 Å². The number of nitrogens with one attached hydrogen (secondary N) is 1. The van der Waals surface area contributed by atoms with Crippen molar-refractivity contribution in [1.29, 1.82) is 0 Å². The largest absolute Gasteiger partial charge is 0.468 e. The highest BCUT2D eigenvalue weighted by molar-refractivity contribution is 7.99. The predicted octanol–water partition coefficient (Wildman–Crippen LogP) is 1.50. The summed E-state index contributed by atoms with van der Waals surface area (Å²) >= 11 is 1.48. The highest BCUT2D eigenvalue weighted by Crippen LogP contribution is 2.21. The van der Waals surface area contributed by atoms with Gasteiger partial charge in [-0.2, -0.15) is 0 Å². The second kappa shape index (κ2) is 7.33. The lowest BCUT2D eigenvalue weighted by Crippen LogP contribution is -2.52. The van der Waals surface area contributed by atoms with E-state index in [2.05, 4.69) is 22.2 Å². The Balaban J connectivity index is 2.64. The van der Waals surface area contributed by atoms with Crippen LogP contribution in [0, 0.1) is 0 Å². The molecule has 0 saturated heterocycles. The summed E-state index contributed by atoms with van der Waals surface area (Å²) in [7, 11) is 1.40. The Morgan fingerprint density at radius 1 is 1.56 bits per heavy atom. The number of hydrogen-bond acceptors (Lipinski definition) is 6. The maximum absolute atomic E-state index is 11.8. The monoisotopic (exact) mass is 269 g/mol. The molecule has 0 fully saturated rings. The van der Waals surface area contributed by atoms with E-state index in [0.29, 0.717) is 5.75 Å². The smallest absolute Gasteiger partial charge is 0.326 e. The molecule has 100 valence electrons. The van der Waals surface area contributed by atoms with Crippen LogP contribution in [-0.2, 0) is 9.53 Å². The number of hydrogen-bond donors (Lipinski definition) is 1. The second-order valence-electron chi connectivity index (χ2n) is 4.08. The fourth-order valence-electron chi connectivity index (χ4n) is 1.39. The van der Waals surface area contributed by atoms with Crippen molar-refractivity contribution in [2.24, 2.45) is 0 Å². The zero-order valence-corrected chi connectivity index (χ0v) is 11.8. The van der Waals surface area contributed by atoms with Crippen molar-refractivity contribution in [3.63, 3.8) is 0 Å². The molecule has 0 radical (unpaired) electrons. The van der Waals surface area contributed by atoms with E-state index < -0.39 is 5.54 Å². The molecule has 1 aromatic rings. The van der Waals surface area contributed by atoms with Crippen molar-refractivity contribution in [2.45, 2.75) is 30.8 Å². The minimum absolute atomic E-state index is 0.257. The second-order valence-corrected chi connectivity index (χ2v) is 5.08. The van der Waals surface area contributed by atoms with Crippen LogP contribution in [0.15, 0.2) is 23.6 Å². The molecule has 0 spiro atoms. The van der Waals surface area contributed by atoms with Crippen molar-refractivity contribution in [1.82, 2.24) is 15.3 Å². The SMILES string of the molecule is CCCNC(C)(CSc1cnccn1)C(=O)OC. The van der Waals surface area contributed by atoms with Crippen LogP contribution < -0.4 is 5.32 Å². The molecule has 1 aromatic heterocycles. The first kappa shape index (κ1) is 14.9.